The van der Waals surface area contributed by atoms with Gasteiger partial charge in [0.25, 0.3) is 0 Å². The Kier molecular flexibility index (Phi) is 3.33. The molecule has 6 heteroatoms. The predicted octanol–water partition coefficient (Wildman–Crippen LogP) is 3.58. The summed E-state index contributed by atoms with van der Waals surface area (Å²) < 4.78 is 0. The standard InChI is InChI=1S/C19H24N6/c20-16-17(24-15-2-1-3-21-10-15)22-11-23-18(16)25-19-7-12-4-13(8-19)6-14(5-12)9-19/h1-3,10-14H,4-9,20H2,(H2,22,23,24,25). The van der Waals surface area contributed by atoms with Gasteiger partial charge in [0.05, 0.1) is 11.9 Å². The molecule has 4 saturated carbocycles. The normalized spacial score (nSPS) is 32.6. The Morgan fingerprint density at radius 1 is 1.00 bits per heavy atom. The van der Waals surface area contributed by atoms with Gasteiger partial charge in [-0.05, 0) is 68.4 Å². The molecule has 0 aliphatic heterocycles. The van der Waals surface area contributed by atoms with Crippen molar-refractivity contribution < 1.29 is 0 Å². The molecular formula is C19H24N6. The van der Waals surface area contributed by atoms with E-state index in [1.54, 1.807) is 18.7 Å². The van der Waals surface area contributed by atoms with Gasteiger partial charge in [0.2, 0.25) is 0 Å². The Bertz CT molecular complexity index is 739. The lowest BCUT2D eigenvalue weighted by Gasteiger charge is -2.57. The van der Waals surface area contributed by atoms with Crippen molar-refractivity contribution in [3.8, 4) is 0 Å². The van der Waals surface area contributed by atoms with Crippen molar-refractivity contribution in [1.29, 1.82) is 0 Å². The number of aromatic nitrogens is 3. The largest absolute Gasteiger partial charge is 0.393 e. The third-order valence-corrected chi connectivity index (χ3v) is 6.23. The second-order valence-corrected chi connectivity index (χ2v) is 8.17. The van der Waals surface area contributed by atoms with Gasteiger partial charge in [0.15, 0.2) is 11.6 Å². The van der Waals surface area contributed by atoms with Gasteiger partial charge in [-0.25, -0.2) is 9.97 Å². The SMILES string of the molecule is Nc1c(Nc2cccnc2)ncnc1NC12CC3CC(CC(C3)C1)C2. The van der Waals surface area contributed by atoms with Gasteiger partial charge in [-0.1, -0.05) is 0 Å². The summed E-state index contributed by atoms with van der Waals surface area (Å²) in [5.41, 5.74) is 8.03. The molecule has 2 aromatic rings. The van der Waals surface area contributed by atoms with Gasteiger partial charge in [0, 0.05) is 11.7 Å². The van der Waals surface area contributed by atoms with Crippen LogP contribution in [-0.4, -0.2) is 20.5 Å². The van der Waals surface area contributed by atoms with Gasteiger partial charge in [-0.15, -0.1) is 0 Å². The molecule has 0 saturated heterocycles. The number of rotatable bonds is 4. The molecular weight excluding hydrogens is 312 g/mol. The molecule has 0 atom stereocenters. The highest BCUT2D eigenvalue weighted by atomic mass is 15.1. The molecule has 0 aromatic carbocycles. The molecule has 2 aromatic heterocycles. The highest BCUT2D eigenvalue weighted by Crippen LogP contribution is 2.56. The third-order valence-electron chi connectivity index (χ3n) is 6.23. The molecule has 0 radical (unpaired) electrons. The first-order valence-corrected chi connectivity index (χ1v) is 9.25. The summed E-state index contributed by atoms with van der Waals surface area (Å²) in [5, 5.41) is 6.99. The summed E-state index contributed by atoms with van der Waals surface area (Å²) in [5.74, 6) is 4.05. The Balaban J connectivity index is 1.40. The lowest BCUT2D eigenvalue weighted by atomic mass is 9.53. The minimum absolute atomic E-state index is 0.183. The van der Waals surface area contributed by atoms with Crippen molar-refractivity contribution in [1.82, 2.24) is 15.0 Å². The van der Waals surface area contributed by atoms with Gasteiger partial charge >= 0.3 is 0 Å². The van der Waals surface area contributed by atoms with Crippen molar-refractivity contribution >= 4 is 23.0 Å². The summed E-state index contributed by atoms with van der Waals surface area (Å²) in [4.78, 5) is 12.9. The van der Waals surface area contributed by atoms with Crippen molar-refractivity contribution in [2.75, 3.05) is 16.4 Å². The number of hydrogen-bond acceptors (Lipinski definition) is 6. The van der Waals surface area contributed by atoms with E-state index in [4.69, 9.17) is 5.73 Å². The van der Waals surface area contributed by atoms with Crippen molar-refractivity contribution in [2.45, 2.75) is 44.1 Å². The fourth-order valence-corrected chi connectivity index (χ4v) is 5.68. The third kappa shape index (κ3) is 2.69. The van der Waals surface area contributed by atoms with Gasteiger partial charge in [-0.3, -0.25) is 4.98 Å². The smallest absolute Gasteiger partial charge is 0.159 e. The van der Waals surface area contributed by atoms with E-state index in [9.17, 15) is 0 Å². The van der Waals surface area contributed by atoms with E-state index in [2.05, 4.69) is 25.6 Å². The molecule has 0 unspecified atom stereocenters. The molecule has 4 aliphatic rings. The minimum Gasteiger partial charge on any atom is -0.393 e. The second kappa shape index (κ2) is 5.58. The second-order valence-electron chi connectivity index (χ2n) is 8.17. The van der Waals surface area contributed by atoms with E-state index in [1.807, 2.05) is 12.1 Å². The zero-order valence-corrected chi connectivity index (χ0v) is 14.3. The number of pyridine rings is 1. The van der Waals surface area contributed by atoms with Crippen LogP contribution in [0.1, 0.15) is 38.5 Å². The van der Waals surface area contributed by atoms with Crippen LogP contribution in [0.15, 0.2) is 30.9 Å². The van der Waals surface area contributed by atoms with Crippen molar-refractivity contribution in [3.05, 3.63) is 30.9 Å². The molecule has 4 fully saturated rings. The summed E-state index contributed by atoms with van der Waals surface area (Å²) in [6, 6.07) is 3.83. The molecule has 2 heterocycles. The van der Waals surface area contributed by atoms with Crippen LogP contribution in [0.25, 0.3) is 0 Å². The molecule has 4 bridgehead atoms. The first kappa shape index (κ1) is 14.9. The minimum atomic E-state index is 0.183. The quantitative estimate of drug-likeness (QED) is 0.791. The number of nitrogens with zero attached hydrogens (tertiary/aromatic N) is 3. The number of nitrogens with two attached hydrogens (primary N) is 1. The molecule has 130 valence electrons. The number of nitrogen functional groups attached to an aromatic ring is 1. The molecule has 4 aliphatic carbocycles. The first-order valence-electron chi connectivity index (χ1n) is 9.25. The Morgan fingerprint density at radius 3 is 2.32 bits per heavy atom. The summed E-state index contributed by atoms with van der Waals surface area (Å²) in [6.45, 7) is 0. The summed E-state index contributed by atoms with van der Waals surface area (Å²) in [6.07, 6.45) is 13.1. The Hall–Kier alpha value is -2.37. The maximum atomic E-state index is 6.39. The topological polar surface area (TPSA) is 88.8 Å². The molecule has 6 rings (SSSR count). The van der Waals surface area contributed by atoms with E-state index < -0.39 is 0 Å². The van der Waals surface area contributed by atoms with Crippen LogP contribution < -0.4 is 16.4 Å². The zero-order chi connectivity index (χ0) is 16.9. The molecule has 4 N–H and O–H groups in total. The maximum absolute atomic E-state index is 6.39. The number of anilines is 4. The van der Waals surface area contributed by atoms with E-state index >= 15 is 0 Å². The van der Waals surface area contributed by atoms with E-state index in [-0.39, 0.29) is 5.54 Å². The van der Waals surface area contributed by atoms with Crippen LogP contribution in [0, 0.1) is 17.8 Å². The maximum Gasteiger partial charge on any atom is 0.159 e. The van der Waals surface area contributed by atoms with Crippen LogP contribution in [-0.2, 0) is 0 Å². The van der Waals surface area contributed by atoms with E-state index in [0.717, 1.165) is 29.3 Å². The number of nitrogens with one attached hydrogen (secondary N) is 2. The summed E-state index contributed by atoms with van der Waals surface area (Å²) >= 11 is 0. The Labute approximate surface area is 147 Å². The lowest BCUT2D eigenvalue weighted by Crippen LogP contribution is -2.55. The molecule has 0 amide bonds. The van der Waals surface area contributed by atoms with Gasteiger partial charge in [-0.2, -0.15) is 0 Å². The zero-order valence-electron chi connectivity index (χ0n) is 14.3. The monoisotopic (exact) mass is 336 g/mol. The first-order chi connectivity index (χ1) is 12.2. The van der Waals surface area contributed by atoms with Crippen LogP contribution in [0.2, 0.25) is 0 Å². The summed E-state index contributed by atoms with van der Waals surface area (Å²) in [7, 11) is 0. The molecule has 0 spiro atoms. The fraction of sp³-hybridized carbons (Fsp3) is 0.526. The van der Waals surface area contributed by atoms with Crippen LogP contribution in [0.3, 0.4) is 0 Å². The van der Waals surface area contributed by atoms with Crippen LogP contribution >= 0.6 is 0 Å². The highest BCUT2D eigenvalue weighted by molar-refractivity contribution is 5.77. The van der Waals surface area contributed by atoms with E-state index in [1.165, 1.54) is 38.5 Å². The molecule has 6 nitrogen and oxygen atoms in total. The van der Waals surface area contributed by atoms with Crippen molar-refractivity contribution in [3.63, 3.8) is 0 Å². The van der Waals surface area contributed by atoms with Crippen LogP contribution in [0.5, 0.6) is 0 Å². The van der Waals surface area contributed by atoms with Gasteiger partial charge < -0.3 is 16.4 Å². The van der Waals surface area contributed by atoms with Crippen molar-refractivity contribution in [2.24, 2.45) is 17.8 Å². The average Bonchev–Trinajstić information content (AvgIpc) is 2.58. The van der Waals surface area contributed by atoms with E-state index in [0.29, 0.717) is 11.5 Å². The Morgan fingerprint density at radius 2 is 1.68 bits per heavy atom. The fourth-order valence-electron chi connectivity index (χ4n) is 5.68. The van der Waals surface area contributed by atoms with Gasteiger partial charge in [0.1, 0.15) is 12.0 Å². The lowest BCUT2D eigenvalue weighted by molar-refractivity contribution is 0.0106. The number of hydrogen-bond donors (Lipinski definition) is 3. The average molecular weight is 336 g/mol. The highest BCUT2D eigenvalue weighted by Gasteiger charge is 2.51. The predicted molar refractivity (Wildman–Crippen MR) is 98.5 cm³/mol. The van der Waals surface area contributed by atoms with Crippen LogP contribution in [0.4, 0.5) is 23.0 Å². The molecule has 25 heavy (non-hydrogen) atoms.